The largest absolute Gasteiger partial charge is 0.396 e. The molecule has 2 heteroatoms. The molecular weight excluding hydrogens is 263 g/mol. The Bertz CT molecular complexity index is 150. The van der Waals surface area contributed by atoms with Gasteiger partial charge < -0.3 is 5.11 Å². The monoisotopic (exact) mass is 285 g/mol. The number of hydrogen-bond acceptors (Lipinski definition) is 1. The summed E-state index contributed by atoms with van der Waals surface area (Å²) in [6.07, 6.45) is 14.8. The van der Waals surface area contributed by atoms with Crippen LogP contribution in [0.2, 0.25) is 0 Å². The first-order valence-corrected chi connectivity index (χ1v) is 5.67. The maximum Gasteiger partial charge on any atom is 0.0459 e. The third kappa shape index (κ3) is 12.3. The number of aliphatic hydroxyl groups is 1. The standard InChI is InChI=1S/C8H18O.C5H5.Zr/c1-3-5-6-8(4-2)7-9;1-2-4-5-3-1;/h8-9H,3-7H2,1-2H3;1-3H,4H2;/q;-1;/t8-;;/m0../s1. The van der Waals surface area contributed by atoms with E-state index in [0.29, 0.717) is 12.5 Å². The summed E-state index contributed by atoms with van der Waals surface area (Å²) in [4.78, 5) is 0. The van der Waals surface area contributed by atoms with E-state index in [-0.39, 0.29) is 26.2 Å². The van der Waals surface area contributed by atoms with Crippen LogP contribution in [-0.2, 0) is 26.2 Å². The van der Waals surface area contributed by atoms with Crippen molar-refractivity contribution in [3.8, 4) is 0 Å². The number of hydrogen-bond donors (Lipinski definition) is 1. The van der Waals surface area contributed by atoms with Crippen molar-refractivity contribution < 1.29 is 31.3 Å². The SMILES string of the molecule is CCCC[C@H](CC)CO.[C-]1=CC=CC1.[Zr]. The minimum Gasteiger partial charge on any atom is -0.396 e. The molecular formula is C13H23OZr-. The van der Waals surface area contributed by atoms with E-state index in [9.17, 15) is 0 Å². The Morgan fingerprint density at radius 2 is 2.13 bits per heavy atom. The van der Waals surface area contributed by atoms with Gasteiger partial charge in [0.15, 0.2) is 0 Å². The minimum atomic E-state index is 0. The van der Waals surface area contributed by atoms with Crippen LogP contribution < -0.4 is 0 Å². The first-order chi connectivity index (χ1) is 6.85. The summed E-state index contributed by atoms with van der Waals surface area (Å²) in [5.74, 6) is 0.560. The number of allylic oxidation sites excluding steroid dienone is 4. The van der Waals surface area contributed by atoms with Gasteiger partial charge in [-0.15, -0.1) is 6.42 Å². The Kier molecular flexibility index (Phi) is 16.9. The van der Waals surface area contributed by atoms with Gasteiger partial charge in [-0.3, -0.25) is 6.08 Å². The fourth-order valence-corrected chi connectivity index (χ4v) is 1.26. The van der Waals surface area contributed by atoms with E-state index in [2.05, 4.69) is 26.0 Å². The average molecular weight is 287 g/mol. The second kappa shape index (κ2) is 14.3. The van der Waals surface area contributed by atoms with Crippen LogP contribution in [0.15, 0.2) is 18.2 Å². The summed E-state index contributed by atoms with van der Waals surface area (Å²) in [5, 5.41) is 8.75. The molecule has 0 spiro atoms. The van der Waals surface area contributed by atoms with Crippen LogP contribution in [0.5, 0.6) is 0 Å². The van der Waals surface area contributed by atoms with Crippen LogP contribution in [0.4, 0.5) is 0 Å². The molecule has 0 saturated heterocycles. The van der Waals surface area contributed by atoms with Gasteiger partial charge in [0, 0.05) is 32.8 Å². The Labute approximate surface area is 114 Å². The Hall–Kier alpha value is 0.323. The molecule has 0 radical (unpaired) electrons. The van der Waals surface area contributed by atoms with Crippen LogP contribution in [0.1, 0.15) is 46.0 Å². The zero-order valence-electron chi connectivity index (χ0n) is 10.00. The van der Waals surface area contributed by atoms with E-state index in [1.165, 1.54) is 19.3 Å². The second-order valence-electron chi connectivity index (χ2n) is 3.60. The maximum atomic E-state index is 8.75. The van der Waals surface area contributed by atoms with Gasteiger partial charge in [0.2, 0.25) is 0 Å². The van der Waals surface area contributed by atoms with Gasteiger partial charge in [-0.1, -0.05) is 33.1 Å². The van der Waals surface area contributed by atoms with E-state index in [1.54, 1.807) is 0 Å². The molecule has 0 aliphatic heterocycles. The molecule has 1 aliphatic carbocycles. The second-order valence-corrected chi connectivity index (χ2v) is 3.60. The van der Waals surface area contributed by atoms with E-state index in [1.807, 2.05) is 12.2 Å². The summed E-state index contributed by atoms with van der Waals surface area (Å²) < 4.78 is 0. The van der Waals surface area contributed by atoms with Crippen LogP contribution in [0, 0.1) is 12.0 Å². The van der Waals surface area contributed by atoms with Crippen LogP contribution in [-0.4, -0.2) is 11.7 Å². The van der Waals surface area contributed by atoms with Crippen LogP contribution in [0.25, 0.3) is 0 Å². The quantitative estimate of drug-likeness (QED) is 0.767. The molecule has 0 unspecified atom stereocenters. The summed E-state index contributed by atoms with van der Waals surface area (Å²) in [5.41, 5.74) is 0. The van der Waals surface area contributed by atoms with Crippen LogP contribution in [0.3, 0.4) is 0 Å². The predicted molar refractivity (Wildman–Crippen MR) is 62.0 cm³/mol. The third-order valence-electron chi connectivity index (χ3n) is 2.39. The van der Waals surface area contributed by atoms with Crippen molar-refractivity contribution in [2.75, 3.05) is 6.61 Å². The van der Waals surface area contributed by atoms with Crippen molar-refractivity contribution in [3.63, 3.8) is 0 Å². The zero-order chi connectivity index (χ0) is 10.6. The summed E-state index contributed by atoms with van der Waals surface area (Å²) in [6, 6.07) is 0. The average Bonchev–Trinajstić information content (AvgIpc) is 2.78. The summed E-state index contributed by atoms with van der Waals surface area (Å²) in [6.45, 7) is 4.69. The molecule has 1 aliphatic rings. The topological polar surface area (TPSA) is 20.2 Å². The molecule has 0 aromatic heterocycles. The molecule has 1 nitrogen and oxygen atoms in total. The summed E-state index contributed by atoms with van der Waals surface area (Å²) >= 11 is 0. The molecule has 0 bridgehead atoms. The van der Waals surface area contributed by atoms with E-state index < -0.39 is 0 Å². The van der Waals surface area contributed by atoms with E-state index in [4.69, 9.17) is 5.11 Å². The fraction of sp³-hybridized carbons (Fsp3) is 0.692. The molecule has 0 fully saturated rings. The normalized spacial score (nSPS) is 14.1. The van der Waals surface area contributed by atoms with Crippen molar-refractivity contribution in [1.82, 2.24) is 0 Å². The Morgan fingerprint density at radius 1 is 1.40 bits per heavy atom. The van der Waals surface area contributed by atoms with Gasteiger partial charge in [-0.05, 0) is 12.3 Å². The molecule has 0 amide bonds. The van der Waals surface area contributed by atoms with Crippen molar-refractivity contribution >= 4 is 0 Å². The molecule has 0 saturated carbocycles. The van der Waals surface area contributed by atoms with Gasteiger partial charge >= 0.3 is 0 Å². The van der Waals surface area contributed by atoms with E-state index in [0.717, 1.165) is 12.8 Å². The van der Waals surface area contributed by atoms with E-state index >= 15 is 0 Å². The molecule has 0 heterocycles. The third-order valence-corrected chi connectivity index (χ3v) is 2.39. The molecule has 0 aromatic carbocycles. The predicted octanol–water partition coefficient (Wildman–Crippen LogP) is 3.50. The van der Waals surface area contributed by atoms with Gasteiger partial charge in [0.1, 0.15) is 0 Å². The van der Waals surface area contributed by atoms with Crippen molar-refractivity contribution in [1.29, 1.82) is 0 Å². The van der Waals surface area contributed by atoms with Crippen molar-refractivity contribution in [3.05, 3.63) is 24.3 Å². The van der Waals surface area contributed by atoms with Gasteiger partial charge in [0.05, 0.1) is 0 Å². The Balaban J connectivity index is 0. The molecule has 1 atom stereocenters. The molecule has 15 heavy (non-hydrogen) atoms. The summed E-state index contributed by atoms with van der Waals surface area (Å²) in [7, 11) is 0. The first-order valence-electron chi connectivity index (χ1n) is 5.67. The molecule has 1 N–H and O–H groups in total. The first kappa shape index (κ1) is 17.7. The Morgan fingerprint density at radius 3 is 2.40 bits per heavy atom. The number of rotatable bonds is 5. The maximum absolute atomic E-state index is 8.75. The number of aliphatic hydroxyl groups excluding tert-OH is 1. The van der Waals surface area contributed by atoms with Crippen molar-refractivity contribution in [2.24, 2.45) is 5.92 Å². The smallest absolute Gasteiger partial charge is 0.0459 e. The van der Waals surface area contributed by atoms with Crippen LogP contribution >= 0.6 is 0 Å². The fourth-order valence-electron chi connectivity index (χ4n) is 1.26. The van der Waals surface area contributed by atoms with Gasteiger partial charge in [-0.25, -0.2) is 12.2 Å². The van der Waals surface area contributed by atoms with Gasteiger partial charge in [-0.2, -0.15) is 6.08 Å². The molecule has 86 valence electrons. The minimum absolute atomic E-state index is 0. The molecule has 1 rings (SSSR count). The van der Waals surface area contributed by atoms with Gasteiger partial charge in [0.25, 0.3) is 0 Å². The molecule has 0 aromatic rings. The van der Waals surface area contributed by atoms with Crippen molar-refractivity contribution in [2.45, 2.75) is 46.0 Å². The zero-order valence-corrected chi connectivity index (χ0v) is 12.5. The number of unbranched alkanes of at least 4 members (excludes halogenated alkanes) is 1.